The maximum Gasteiger partial charge on any atom is 0.235 e. The molecule has 3 rings (SSSR count). The average molecular weight is 397 g/mol. The Morgan fingerprint density at radius 2 is 1.76 bits per heavy atom. The first-order chi connectivity index (χ1) is 13.8. The van der Waals surface area contributed by atoms with Gasteiger partial charge >= 0.3 is 0 Å². The van der Waals surface area contributed by atoms with Gasteiger partial charge in [0.05, 0.1) is 25.6 Å². The number of carboxylic acid groups (broad SMARTS) is 1. The summed E-state index contributed by atoms with van der Waals surface area (Å²) in [7, 11) is 3.00. The highest BCUT2D eigenvalue weighted by Gasteiger charge is 2.22. The summed E-state index contributed by atoms with van der Waals surface area (Å²) in [6.07, 6.45) is -1.35. The Hall–Kier alpha value is -3.48. The lowest BCUT2D eigenvalue weighted by atomic mass is 10.0. The van der Waals surface area contributed by atoms with Crippen LogP contribution in [0.5, 0.6) is 17.2 Å². The van der Waals surface area contributed by atoms with Gasteiger partial charge in [-0.2, -0.15) is 0 Å². The number of hydrogen-bond acceptors (Lipinski definition) is 7. The molecular formula is C22H21O7-. The van der Waals surface area contributed by atoms with Crippen molar-refractivity contribution in [1.29, 1.82) is 0 Å². The molecule has 3 aromatic rings. The standard InChI is InChI=1S/C22H22O7/c1-11-8-12(2)18-17(9-11)29-20(21(19(18)23)28-13(3)22(24)25)14-6-7-15(26-4)16(10-14)27-5/h6-10,13H,1-5H3,(H,24,25)/p-1/t13-/m0/s1. The predicted octanol–water partition coefficient (Wildman–Crippen LogP) is 2.61. The van der Waals surface area contributed by atoms with Crippen LogP contribution in [0.2, 0.25) is 0 Å². The van der Waals surface area contributed by atoms with E-state index < -0.39 is 17.5 Å². The summed E-state index contributed by atoms with van der Waals surface area (Å²) in [6.45, 7) is 4.97. The molecular weight excluding hydrogens is 376 g/mol. The number of methoxy groups -OCH3 is 2. The second-order valence-electron chi connectivity index (χ2n) is 6.69. The highest BCUT2D eigenvalue weighted by atomic mass is 16.5. The quantitative estimate of drug-likeness (QED) is 0.630. The van der Waals surface area contributed by atoms with E-state index in [1.807, 2.05) is 13.0 Å². The zero-order valence-corrected chi connectivity index (χ0v) is 16.8. The zero-order valence-electron chi connectivity index (χ0n) is 16.8. The Bertz CT molecular complexity index is 1140. The van der Waals surface area contributed by atoms with Crippen molar-refractivity contribution in [3.8, 4) is 28.6 Å². The summed E-state index contributed by atoms with van der Waals surface area (Å²) >= 11 is 0. The van der Waals surface area contributed by atoms with E-state index in [0.717, 1.165) is 5.56 Å². The maximum atomic E-state index is 13.2. The van der Waals surface area contributed by atoms with Crippen molar-refractivity contribution in [2.75, 3.05) is 14.2 Å². The van der Waals surface area contributed by atoms with Gasteiger partial charge in [0.25, 0.3) is 0 Å². The van der Waals surface area contributed by atoms with Gasteiger partial charge < -0.3 is 28.5 Å². The molecule has 1 aromatic heterocycles. The fourth-order valence-corrected chi connectivity index (χ4v) is 3.17. The third kappa shape index (κ3) is 3.76. The smallest absolute Gasteiger partial charge is 0.235 e. The van der Waals surface area contributed by atoms with E-state index in [1.165, 1.54) is 21.1 Å². The van der Waals surface area contributed by atoms with E-state index in [2.05, 4.69) is 0 Å². The van der Waals surface area contributed by atoms with Crippen LogP contribution in [-0.4, -0.2) is 26.3 Å². The van der Waals surface area contributed by atoms with Gasteiger partial charge in [-0.1, -0.05) is 6.07 Å². The molecule has 0 saturated carbocycles. The van der Waals surface area contributed by atoms with Crippen LogP contribution in [0.25, 0.3) is 22.3 Å². The highest BCUT2D eigenvalue weighted by molar-refractivity contribution is 5.86. The molecule has 7 nitrogen and oxygen atoms in total. The van der Waals surface area contributed by atoms with Gasteiger partial charge in [-0.05, 0) is 56.2 Å². The molecule has 0 aliphatic heterocycles. The molecule has 0 unspecified atom stereocenters. The first kappa shape index (κ1) is 20.3. The summed E-state index contributed by atoms with van der Waals surface area (Å²) in [5.74, 6) is -0.623. The van der Waals surface area contributed by atoms with Crippen LogP contribution in [-0.2, 0) is 4.79 Å². The Balaban J connectivity index is 2.34. The number of aliphatic carboxylic acids is 1. The molecule has 0 saturated heterocycles. The number of benzene rings is 2. The minimum absolute atomic E-state index is 0.0987. The number of rotatable bonds is 6. The van der Waals surface area contributed by atoms with Crippen molar-refractivity contribution in [1.82, 2.24) is 0 Å². The van der Waals surface area contributed by atoms with Gasteiger partial charge in [-0.25, -0.2) is 0 Å². The fraction of sp³-hybridized carbons (Fsp3) is 0.273. The van der Waals surface area contributed by atoms with E-state index in [4.69, 9.17) is 18.6 Å². The van der Waals surface area contributed by atoms with Crippen molar-refractivity contribution in [2.45, 2.75) is 26.9 Å². The average Bonchev–Trinajstić information content (AvgIpc) is 2.68. The Labute approximate surface area is 167 Å². The van der Waals surface area contributed by atoms with Gasteiger partial charge in [0.2, 0.25) is 11.2 Å². The monoisotopic (exact) mass is 397 g/mol. The molecule has 1 atom stereocenters. The van der Waals surface area contributed by atoms with Crippen molar-refractivity contribution < 1.29 is 28.5 Å². The number of aryl methyl sites for hydroxylation is 2. The van der Waals surface area contributed by atoms with Crippen LogP contribution in [0.3, 0.4) is 0 Å². The minimum atomic E-state index is -1.44. The maximum absolute atomic E-state index is 13.2. The molecule has 7 heteroatoms. The lowest BCUT2D eigenvalue weighted by Gasteiger charge is -2.18. The van der Waals surface area contributed by atoms with Crippen LogP contribution >= 0.6 is 0 Å². The summed E-state index contributed by atoms with van der Waals surface area (Å²) in [5.41, 5.74) is 2.03. The van der Waals surface area contributed by atoms with Crippen molar-refractivity contribution in [3.63, 3.8) is 0 Å². The van der Waals surface area contributed by atoms with Gasteiger partial charge in [0, 0.05) is 5.56 Å². The molecule has 0 aliphatic rings. The van der Waals surface area contributed by atoms with Crippen LogP contribution < -0.4 is 24.7 Å². The van der Waals surface area contributed by atoms with E-state index >= 15 is 0 Å². The first-order valence-electron chi connectivity index (χ1n) is 8.94. The van der Waals surface area contributed by atoms with Crippen molar-refractivity contribution >= 4 is 16.9 Å². The van der Waals surface area contributed by atoms with Gasteiger partial charge in [0.15, 0.2) is 17.3 Å². The number of ether oxygens (including phenoxy) is 3. The second kappa shape index (κ2) is 7.87. The summed E-state index contributed by atoms with van der Waals surface area (Å²) in [4.78, 5) is 24.5. The molecule has 0 fully saturated rings. The normalized spacial score (nSPS) is 11.9. The molecule has 29 heavy (non-hydrogen) atoms. The topological polar surface area (TPSA) is 98.0 Å². The largest absolute Gasteiger partial charge is 0.546 e. The van der Waals surface area contributed by atoms with E-state index in [1.54, 1.807) is 31.2 Å². The van der Waals surface area contributed by atoms with Gasteiger partial charge in [0.1, 0.15) is 11.7 Å². The Kier molecular flexibility index (Phi) is 5.50. The molecule has 0 aliphatic carbocycles. The third-order valence-electron chi connectivity index (χ3n) is 4.57. The molecule has 0 N–H and O–H groups in total. The number of carboxylic acids is 1. The second-order valence-corrected chi connectivity index (χ2v) is 6.69. The molecule has 152 valence electrons. The SMILES string of the molecule is COc1ccc(-c2oc3cc(C)cc(C)c3c(=O)c2O[C@@H](C)C(=O)[O-])cc1OC. The number of hydrogen-bond donors (Lipinski definition) is 0. The number of carbonyl (C=O) groups excluding carboxylic acids is 1. The molecule has 0 amide bonds. The summed E-state index contributed by atoms with van der Waals surface area (Å²) in [5, 5.41) is 11.6. The first-order valence-corrected chi connectivity index (χ1v) is 8.94. The van der Waals surface area contributed by atoms with E-state index in [-0.39, 0.29) is 11.5 Å². The van der Waals surface area contributed by atoms with Gasteiger partial charge in [-0.3, -0.25) is 4.79 Å². The third-order valence-corrected chi connectivity index (χ3v) is 4.57. The molecule has 0 radical (unpaired) electrons. The van der Waals surface area contributed by atoms with E-state index in [0.29, 0.717) is 33.6 Å². The Morgan fingerprint density at radius 3 is 2.38 bits per heavy atom. The van der Waals surface area contributed by atoms with Crippen molar-refractivity contribution in [3.05, 3.63) is 51.7 Å². The summed E-state index contributed by atoms with van der Waals surface area (Å²) in [6, 6.07) is 8.56. The zero-order chi connectivity index (χ0) is 21.3. The summed E-state index contributed by atoms with van der Waals surface area (Å²) < 4.78 is 22.1. The predicted molar refractivity (Wildman–Crippen MR) is 106 cm³/mol. The Morgan fingerprint density at radius 1 is 1.07 bits per heavy atom. The number of carbonyl (C=O) groups is 1. The highest BCUT2D eigenvalue weighted by Crippen LogP contribution is 2.37. The van der Waals surface area contributed by atoms with Crippen LogP contribution in [0.1, 0.15) is 18.1 Å². The fourth-order valence-electron chi connectivity index (χ4n) is 3.17. The molecule has 2 aromatic carbocycles. The molecule has 0 bridgehead atoms. The van der Waals surface area contributed by atoms with Crippen LogP contribution in [0, 0.1) is 13.8 Å². The lowest BCUT2D eigenvalue weighted by Crippen LogP contribution is -2.38. The molecule has 0 spiro atoms. The van der Waals surface area contributed by atoms with E-state index in [9.17, 15) is 14.7 Å². The van der Waals surface area contributed by atoms with Crippen molar-refractivity contribution in [2.24, 2.45) is 0 Å². The molecule has 1 heterocycles. The lowest BCUT2D eigenvalue weighted by molar-refractivity contribution is -0.312. The van der Waals surface area contributed by atoms with Crippen LogP contribution in [0.15, 0.2) is 39.5 Å². The van der Waals surface area contributed by atoms with Gasteiger partial charge in [-0.15, -0.1) is 0 Å². The number of fused-ring (bicyclic) bond motifs is 1. The van der Waals surface area contributed by atoms with Crippen LogP contribution in [0.4, 0.5) is 0 Å². The minimum Gasteiger partial charge on any atom is -0.546 e.